The number of esters is 1. The molecule has 0 atom stereocenters. The number of para-hydroxylation sites is 1. The smallest absolute Gasteiger partial charge is 0.342 e. The molecular formula is C26H25N5O4. The van der Waals surface area contributed by atoms with Crippen LogP contribution in [-0.2, 0) is 9.53 Å². The molecule has 3 aromatic heterocycles. The van der Waals surface area contributed by atoms with Crippen LogP contribution in [0.3, 0.4) is 0 Å². The normalized spacial score (nSPS) is 13.6. The van der Waals surface area contributed by atoms with Crippen LogP contribution in [0.5, 0.6) is 0 Å². The number of ether oxygens (including phenoxy) is 1. The van der Waals surface area contributed by atoms with Crippen molar-refractivity contribution >= 4 is 17.7 Å². The van der Waals surface area contributed by atoms with Gasteiger partial charge in [0.05, 0.1) is 5.69 Å². The SMILES string of the molecule is Cc1ccc(-c2nn(-c3ccccc3)cc2C(=O)OCC(=O)N2CCN(c3ccccn3)CC2)o1. The van der Waals surface area contributed by atoms with Gasteiger partial charge in [0.2, 0.25) is 0 Å². The highest BCUT2D eigenvalue weighted by molar-refractivity contribution is 5.96. The van der Waals surface area contributed by atoms with Gasteiger partial charge in [-0.1, -0.05) is 24.3 Å². The summed E-state index contributed by atoms with van der Waals surface area (Å²) in [5.41, 5.74) is 1.39. The van der Waals surface area contributed by atoms with E-state index in [9.17, 15) is 9.59 Å². The summed E-state index contributed by atoms with van der Waals surface area (Å²) in [5, 5.41) is 4.55. The Bertz CT molecular complexity index is 1310. The number of nitrogens with zero attached hydrogens (tertiary/aromatic N) is 5. The summed E-state index contributed by atoms with van der Waals surface area (Å²) in [6, 6.07) is 18.8. The van der Waals surface area contributed by atoms with Crippen LogP contribution in [0.25, 0.3) is 17.1 Å². The Morgan fingerprint density at radius 2 is 1.74 bits per heavy atom. The molecule has 0 spiro atoms. The third kappa shape index (κ3) is 4.93. The van der Waals surface area contributed by atoms with Crippen LogP contribution in [-0.4, -0.2) is 64.3 Å². The molecule has 9 heteroatoms. The maximum absolute atomic E-state index is 13.0. The molecule has 0 saturated carbocycles. The Balaban J connectivity index is 1.26. The number of benzene rings is 1. The highest BCUT2D eigenvalue weighted by atomic mass is 16.5. The molecule has 1 aromatic carbocycles. The molecule has 4 heterocycles. The van der Waals surface area contributed by atoms with E-state index in [4.69, 9.17) is 9.15 Å². The summed E-state index contributed by atoms with van der Waals surface area (Å²) < 4.78 is 12.7. The van der Waals surface area contributed by atoms with Crippen molar-refractivity contribution < 1.29 is 18.7 Å². The van der Waals surface area contributed by atoms with Crippen molar-refractivity contribution in [1.29, 1.82) is 0 Å². The van der Waals surface area contributed by atoms with Gasteiger partial charge in [0.25, 0.3) is 5.91 Å². The lowest BCUT2D eigenvalue weighted by atomic mass is 10.2. The van der Waals surface area contributed by atoms with Gasteiger partial charge < -0.3 is 19.0 Å². The molecule has 4 aromatic rings. The summed E-state index contributed by atoms with van der Waals surface area (Å²) in [6.07, 6.45) is 3.35. The average molecular weight is 472 g/mol. The second kappa shape index (κ2) is 9.84. The number of carbonyl (C=O) groups is 2. The molecule has 1 saturated heterocycles. The van der Waals surface area contributed by atoms with Gasteiger partial charge in [-0.05, 0) is 43.3 Å². The number of furan rings is 1. The maximum Gasteiger partial charge on any atom is 0.342 e. The first-order chi connectivity index (χ1) is 17.1. The van der Waals surface area contributed by atoms with Crippen LogP contribution in [0.4, 0.5) is 5.82 Å². The van der Waals surface area contributed by atoms with E-state index < -0.39 is 5.97 Å². The highest BCUT2D eigenvalue weighted by Gasteiger charge is 2.26. The Morgan fingerprint density at radius 1 is 0.971 bits per heavy atom. The standard InChI is InChI=1S/C26H25N5O4/c1-19-10-11-22(35-19)25-21(17-31(28-25)20-7-3-2-4-8-20)26(33)34-18-24(32)30-15-13-29(14-16-30)23-9-5-6-12-27-23/h2-12,17H,13-16,18H2,1H3. The molecule has 5 rings (SSSR count). The van der Waals surface area contributed by atoms with Crippen LogP contribution in [0.2, 0.25) is 0 Å². The molecule has 0 bridgehead atoms. The molecule has 1 amide bonds. The zero-order valence-corrected chi connectivity index (χ0v) is 19.3. The van der Waals surface area contributed by atoms with Crippen molar-refractivity contribution in [2.24, 2.45) is 0 Å². The number of aryl methyl sites for hydroxylation is 1. The van der Waals surface area contributed by atoms with Crippen LogP contribution in [0, 0.1) is 6.92 Å². The largest absolute Gasteiger partial charge is 0.460 e. The Kier molecular flexibility index (Phi) is 6.30. The lowest BCUT2D eigenvalue weighted by Crippen LogP contribution is -2.50. The fourth-order valence-corrected chi connectivity index (χ4v) is 4.00. The first-order valence-corrected chi connectivity index (χ1v) is 11.4. The number of rotatable bonds is 6. The average Bonchev–Trinajstić information content (AvgIpc) is 3.55. The molecule has 0 N–H and O–H groups in total. The molecule has 0 aliphatic carbocycles. The van der Waals surface area contributed by atoms with Gasteiger partial charge in [-0.15, -0.1) is 0 Å². The Hall–Kier alpha value is -4.40. The molecule has 178 valence electrons. The summed E-state index contributed by atoms with van der Waals surface area (Å²) in [5.74, 6) is 1.19. The van der Waals surface area contributed by atoms with Crippen molar-refractivity contribution in [2.75, 3.05) is 37.7 Å². The number of carbonyl (C=O) groups excluding carboxylic acids is 2. The fraction of sp³-hybridized carbons (Fsp3) is 0.231. The minimum Gasteiger partial charge on any atom is -0.460 e. The topological polar surface area (TPSA) is 93.7 Å². The van der Waals surface area contributed by atoms with E-state index in [0.717, 1.165) is 11.5 Å². The number of hydrogen-bond donors (Lipinski definition) is 0. The third-order valence-corrected chi connectivity index (χ3v) is 5.86. The van der Waals surface area contributed by atoms with E-state index in [1.165, 1.54) is 0 Å². The maximum atomic E-state index is 13.0. The number of aromatic nitrogens is 3. The van der Waals surface area contributed by atoms with Gasteiger partial charge in [0, 0.05) is 38.6 Å². The number of amides is 1. The van der Waals surface area contributed by atoms with Crippen LogP contribution >= 0.6 is 0 Å². The van der Waals surface area contributed by atoms with E-state index in [0.29, 0.717) is 43.4 Å². The molecule has 1 aliphatic rings. The zero-order chi connectivity index (χ0) is 24.2. The fourth-order valence-electron chi connectivity index (χ4n) is 4.00. The van der Waals surface area contributed by atoms with Gasteiger partial charge in [-0.25, -0.2) is 14.5 Å². The van der Waals surface area contributed by atoms with Gasteiger partial charge in [0.1, 0.15) is 22.8 Å². The number of piperazine rings is 1. The van der Waals surface area contributed by atoms with Gasteiger partial charge in [-0.3, -0.25) is 4.79 Å². The predicted molar refractivity (Wildman–Crippen MR) is 129 cm³/mol. The molecular weight excluding hydrogens is 446 g/mol. The van der Waals surface area contributed by atoms with E-state index in [1.807, 2.05) is 55.5 Å². The monoisotopic (exact) mass is 471 g/mol. The highest BCUT2D eigenvalue weighted by Crippen LogP contribution is 2.26. The lowest BCUT2D eigenvalue weighted by molar-refractivity contribution is -0.134. The molecule has 0 radical (unpaired) electrons. The molecule has 35 heavy (non-hydrogen) atoms. The first kappa shape index (κ1) is 22.4. The van der Waals surface area contributed by atoms with E-state index in [-0.39, 0.29) is 18.1 Å². The molecule has 1 aliphatic heterocycles. The second-order valence-corrected chi connectivity index (χ2v) is 8.21. The van der Waals surface area contributed by atoms with Crippen molar-refractivity contribution in [3.8, 4) is 17.1 Å². The summed E-state index contributed by atoms with van der Waals surface area (Å²) in [4.78, 5) is 33.9. The van der Waals surface area contributed by atoms with E-state index >= 15 is 0 Å². The van der Waals surface area contributed by atoms with Crippen molar-refractivity contribution in [2.45, 2.75) is 6.92 Å². The first-order valence-electron chi connectivity index (χ1n) is 11.4. The van der Waals surface area contributed by atoms with Gasteiger partial charge >= 0.3 is 5.97 Å². The summed E-state index contributed by atoms with van der Waals surface area (Å²) in [7, 11) is 0. The third-order valence-electron chi connectivity index (χ3n) is 5.86. The van der Waals surface area contributed by atoms with Crippen LogP contribution < -0.4 is 4.90 Å². The predicted octanol–water partition coefficient (Wildman–Crippen LogP) is 3.34. The van der Waals surface area contributed by atoms with Crippen molar-refractivity contribution in [1.82, 2.24) is 19.7 Å². The minimum atomic E-state index is -0.628. The molecule has 9 nitrogen and oxygen atoms in total. The number of pyridine rings is 1. The van der Waals surface area contributed by atoms with Crippen molar-refractivity contribution in [3.05, 3.63) is 84.4 Å². The Morgan fingerprint density at radius 3 is 2.43 bits per heavy atom. The Labute approximate surface area is 202 Å². The number of hydrogen-bond acceptors (Lipinski definition) is 7. The van der Waals surface area contributed by atoms with Gasteiger partial charge in [-0.2, -0.15) is 5.10 Å². The number of anilines is 1. The van der Waals surface area contributed by atoms with E-state index in [1.54, 1.807) is 34.1 Å². The van der Waals surface area contributed by atoms with Crippen molar-refractivity contribution in [3.63, 3.8) is 0 Å². The van der Waals surface area contributed by atoms with Gasteiger partial charge in [0.15, 0.2) is 12.4 Å². The summed E-state index contributed by atoms with van der Waals surface area (Å²) >= 11 is 0. The van der Waals surface area contributed by atoms with Crippen LogP contribution in [0.1, 0.15) is 16.1 Å². The molecule has 0 unspecified atom stereocenters. The lowest BCUT2D eigenvalue weighted by Gasteiger charge is -2.35. The molecule has 1 fully saturated rings. The zero-order valence-electron chi connectivity index (χ0n) is 19.3. The quantitative estimate of drug-likeness (QED) is 0.398. The minimum absolute atomic E-state index is 0.232. The van der Waals surface area contributed by atoms with E-state index in [2.05, 4.69) is 15.0 Å². The second-order valence-electron chi connectivity index (χ2n) is 8.21. The van der Waals surface area contributed by atoms with Crippen LogP contribution in [0.15, 0.2) is 77.5 Å². The summed E-state index contributed by atoms with van der Waals surface area (Å²) in [6.45, 7) is 3.90.